The molecule has 3 rings (SSSR count). The Balaban J connectivity index is 1.45. The summed E-state index contributed by atoms with van der Waals surface area (Å²) in [6.07, 6.45) is 5.91. The molecule has 1 heterocycles. The molecule has 1 aliphatic rings. The highest BCUT2D eigenvalue weighted by Crippen LogP contribution is 2.17. The van der Waals surface area contributed by atoms with Crippen LogP contribution in [0.3, 0.4) is 0 Å². The van der Waals surface area contributed by atoms with Gasteiger partial charge in [-0.3, -0.25) is 4.79 Å². The number of benzene rings is 1. The van der Waals surface area contributed by atoms with E-state index in [2.05, 4.69) is 15.5 Å². The van der Waals surface area contributed by atoms with E-state index in [1.807, 2.05) is 30.3 Å². The summed E-state index contributed by atoms with van der Waals surface area (Å²) in [5.41, 5.74) is 0. The zero-order valence-corrected chi connectivity index (χ0v) is 13.0. The van der Waals surface area contributed by atoms with Crippen molar-refractivity contribution in [2.24, 2.45) is 0 Å². The Bertz CT molecular complexity index is 621. The number of ether oxygens (including phenoxy) is 1. The summed E-state index contributed by atoms with van der Waals surface area (Å²) in [6.45, 7) is 0.196. The van der Waals surface area contributed by atoms with Gasteiger partial charge in [-0.15, -0.1) is 0 Å². The first kappa shape index (κ1) is 15.5. The molecule has 1 aromatic heterocycles. The van der Waals surface area contributed by atoms with Crippen molar-refractivity contribution in [1.82, 2.24) is 15.5 Å². The van der Waals surface area contributed by atoms with Crippen molar-refractivity contribution in [1.29, 1.82) is 0 Å². The van der Waals surface area contributed by atoms with E-state index in [-0.39, 0.29) is 18.9 Å². The number of rotatable bonds is 6. The number of nitrogens with zero attached hydrogens (tertiary/aromatic N) is 2. The van der Waals surface area contributed by atoms with Crippen LogP contribution < -0.4 is 10.1 Å². The Morgan fingerprint density at radius 1 is 1.22 bits per heavy atom. The van der Waals surface area contributed by atoms with E-state index >= 15 is 0 Å². The van der Waals surface area contributed by atoms with Crippen molar-refractivity contribution in [3.63, 3.8) is 0 Å². The number of aromatic nitrogens is 2. The lowest BCUT2D eigenvalue weighted by molar-refractivity contribution is -0.121. The third kappa shape index (κ3) is 4.81. The molecule has 0 saturated heterocycles. The molecule has 1 fully saturated rings. The average Bonchev–Trinajstić information content (AvgIpc) is 3.02. The van der Waals surface area contributed by atoms with Crippen LogP contribution in [-0.4, -0.2) is 22.1 Å². The van der Waals surface area contributed by atoms with Crippen molar-refractivity contribution in [2.45, 2.75) is 51.2 Å². The molecule has 1 amide bonds. The number of amides is 1. The number of hydrogen-bond acceptors (Lipinski definition) is 5. The number of hydrogen-bond donors (Lipinski definition) is 1. The second-order valence-electron chi connectivity index (χ2n) is 5.79. The van der Waals surface area contributed by atoms with Crippen LogP contribution in [0.25, 0.3) is 0 Å². The molecule has 0 spiro atoms. The van der Waals surface area contributed by atoms with Gasteiger partial charge in [0.05, 0.1) is 6.42 Å². The van der Waals surface area contributed by atoms with Crippen molar-refractivity contribution in [3.05, 3.63) is 42.0 Å². The number of para-hydroxylation sites is 1. The van der Waals surface area contributed by atoms with Crippen LogP contribution in [0.5, 0.6) is 5.75 Å². The zero-order valence-electron chi connectivity index (χ0n) is 13.0. The van der Waals surface area contributed by atoms with Crippen LogP contribution in [-0.2, 0) is 17.8 Å². The molecule has 1 aliphatic carbocycles. The first-order valence-corrected chi connectivity index (χ1v) is 8.08. The Hall–Kier alpha value is -2.37. The van der Waals surface area contributed by atoms with Gasteiger partial charge in [0, 0.05) is 6.04 Å². The number of carbonyl (C=O) groups is 1. The second kappa shape index (κ2) is 7.76. The normalized spacial score (nSPS) is 15.3. The van der Waals surface area contributed by atoms with E-state index in [0.29, 0.717) is 17.8 Å². The maximum atomic E-state index is 12.0. The quantitative estimate of drug-likeness (QED) is 0.886. The van der Waals surface area contributed by atoms with E-state index < -0.39 is 0 Å². The Morgan fingerprint density at radius 2 is 2.00 bits per heavy atom. The minimum atomic E-state index is -0.0479. The lowest BCUT2D eigenvalue weighted by Crippen LogP contribution is -2.37. The Kier molecular flexibility index (Phi) is 5.24. The molecule has 0 radical (unpaired) electrons. The molecular weight excluding hydrogens is 294 g/mol. The van der Waals surface area contributed by atoms with Crippen molar-refractivity contribution >= 4 is 5.91 Å². The third-order valence-corrected chi connectivity index (χ3v) is 3.90. The minimum absolute atomic E-state index is 0.0479. The van der Waals surface area contributed by atoms with Crippen molar-refractivity contribution in [2.75, 3.05) is 0 Å². The lowest BCUT2D eigenvalue weighted by Gasteiger charge is -2.22. The predicted molar refractivity (Wildman–Crippen MR) is 83.8 cm³/mol. The van der Waals surface area contributed by atoms with Gasteiger partial charge in [0.25, 0.3) is 5.89 Å². The standard InChI is InChI=1S/C17H21N3O3/c21-16(18-13-7-3-1-4-8-13)11-15-19-17(23-20-15)12-22-14-9-5-2-6-10-14/h2,5-6,9-10,13H,1,3-4,7-8,11-12H2,(H,18,21). The molecule has 6 heteroatoms. The maximum absolute atomic E-state index is 12.0. The summed E-state index contributed by atoms with van der Waals surface area (Å²) < 4.78 is 10.6. The highest BCUT2D eigenvalue weighted by molar-refractivity contribution is 5.78. The summed E-state index contributed by atoms with van der Waals surface area (Å²) in [6, 6.07) is 9.71. The minimum Gasteiger partial charge on any atom is -0.484 e. The molecular formula is C17H21N3O3. The van der Waals surface area contributed by atoms with Crippen LogP contribution in [0, 0.1) is 0 Å². The van der Waals surface area contributed by atoms with Gasteiger partial charge in [0.1, 0.15) is 5.75 Å². The smallest absolute Gasteiger partial charge is 0.264 e. The van der Waals surface area contributed by atoms with Gasteiger partial charge >= 0.3 is 0 Å². The molecule has 0 aliphatic heterocycles. The van der Waals surface area contributed by atoms with Crippen molar-refractivity contribution < 1.29 is 14.1 Å². The van der Waals surface area contributed by atoms with Crippen LogP contribution in [0.15, 0.2) is 34.9 Å². The topological polar surface area (TPSA) is 77.2 Å². The first-order valence-electron chi connectivity index (χ1n) is 8.08. The molecule has 1 N–H and O–H groups in total. The molecule has 0 unspecified atom stereocenters. The fourth-order valence-electron chi connectivity index (χ4n) is 2.75. The monoisotopic (exact) mass is 315 g/mol. The zero-order chi connectivity index (χ0) is 15.9. The highest BCUT2D eigenvalue weighted by Gasteiger charge is 2.17. The molecule has 2 aromatic rings. The predicted octanol–water partition coefficient (Wildman–Crippen LogP) is 2.64. The first-order chi connectivity index (χ1) is 11.3. The highest BCUT2D eigenvalue weighted by atomic mass is 16.5. The molecule has 0 bridgehead atoms. The van der Waals surface area contributed by atoms with Gasteiger partial charge in [-0.05, 0) is 25.0 Å². The fraction of sp³-hybridized carbons (Fsp3) is 0.471. The summed E-state index contributed by atoms with van der Waals surface area (Å²) in [5.74, 6) is 1.45. The van der Waals surface area contributed by atoms with Crippen LogP contribution in [0.1, 0.15) is 43.8 Å². The second-order valence-corrected chi connectivity index (χ2v) is 5.79. The van der Waals surface area contributed by atoms with Crippen LogP contribution in [0.2, 0.25) is 0 Å². The van der Waals surface area contributed by atoms with Gasteiger partial charge in [0.2, 0.25) is 5.91 Å². The SMILES string of the molecule is O=C(Cc1noc(COc2ccccc2)n1)NC1CCCCC1. The maximum Gasteiger partial charge on any atom is 0.264 e. The van der Waals surface area contributed by atoms with Crippen LogP contribution in [0.4, 0.5) is 0 Å². The summed E-state index contributed by atoms with van der Waals surface area (Å²) in [5, 5.41) is 6.88. The fourth-order valence-corrected chi connectivity index (χ4v) is 2.75. The van der Waals surface area contributed by atoms with Crippen molar-refractivity contribution in [3.8, 4) is 5.75 Å². The van der Waals surface area contributed by atoms with E-state index in [0.717, 1.165) is 18.6 Å². The summed E-state index contributed by atoms with van der Waals surface area (Å²) >= 11 is 0. The molecule has 1 aromatic carbocycles. The van der Waals surface area contributed by atoms with Crippen LogP contribution >= 0.6 is 0 Å². The van der Waals surface area contributed by atoms with E-state index in [1.165, 1.54) is 19.3 Å². The largest absolute Gasteiger partial charge is 0.484 e. The Morgan fingerprint density at radius 3 is 2.78 bits per heavy atom. The number of nitrogens with one attached hydrogen (secondary N) is 1. The average molecular weight is 315 g/mol. The van der Waals surface area contributed by atoms with E-state index in [4.69, 9.17) is 9.26 Å². The molecule has 23 heavy (non-hydrogen) atoms. The molecule has 0 atom stereocenters. The Labute approximate surface area is 135 Å². The van der Waals surface area contributed by atoms with Gasteiger partial charge < -0.3 is 14.6 Å². The van der Waals surface area contributed by atoms with E-state index in [9.17, 15) is 4.79 Å². The summed E-state index contributed by atoms with van der Waals surface area (Å²) in [4.78, 5) is 16.2. The molecule has 6 nitrogen and oxygen atoms in total. The lowest BCUT2D eigenvalue weighted by atomic mass is 9.95. The summed E-state index contributed by atoms with van der Waals surface area (Å²) in [7, 11) is 0. The molecule has 122 valence electrons. The third-order valence-electron chi connectivity index (χ3n) is 3.90. The molecule has 1 saturated carbocycles. The van der Waals surface area contributed by atoms with Gasteiger partial charge in [-0.2, -0.15) is 4.98 Å². The van der Waals surface area contributed by atoms with Gasteiger partial charge in [-0.1, -0.05) is 42.6 Å². The van der Waals surface area contributed by atoms with Gasteiger partial charge in [0.15, 0.2) is 12.4 Å². The van der Waals surface area contributed by atoms with Gasteiger partial charge in [-0.25, -0.2) is 0 Å². The number of carbonyl (C=O) groups excluding carboxylic acids is 1. The van der Waals surface area contributed by atoms with E-state index in [1.54, 1.807) is 0 Å².